The normalized spacial score (nSPS) is 16.5. The van der Waals surface area contributed by atoms with Gasteiger partial charge in [-0.2, -0.15) is 4.98 Å². The van der Waals surface area contributed by atoms with E-state index in [-0.39, 0.29) is 18.2 Å². The van der Waals surface area contributed by atoms with Crippen LogP contribution in [0.3, 0.4) is 0 Å². The third kappa shape index (κ3) is 7.29. The third-order valence-electron chi connectivity index (χ3n) is 5.90. The van der Waals surface area contributed by atoms with Crippen LogP contribution in [-0.4, -0.2) is 45.2 Å². The van der Waals surface area contributed by atoms with Crippen LogP contribution >= 0.6 is 11.6 Å². The number of hydrogen-bond acceptors (Lipinski definition) is 6. The van der Waals surface area contributed by atoms with E-state index < -0.39 is 29.6 Å². The van der Waals surface area contributed by atoms with E-state index in [0.29, 0.717) is 35.9 Å². The molecule has 0 unspecified atom stereocenters. The number of halogens is 2. The van der Waals surface area contributed by atoms with Gasteiger partial charge in [0.05, 0.1) is 0 Å². The van der Waals surface area contributed by atoms with Crippen molar-refractivity contribution in [2.45, 2.75) is 64.1 Å². The minimum Gasteiger partial charge on any atom is -0.444 e. The molecule has 10 heteroatoms. The molecule has 2 atom stereocenters. The molecule has 3 aromatic rings. The minimum atomic E-state index is -0.675. The Hall–Kier alpha value is -3.46. The number of nitrogens with zero attached hydrogens (tertiary/aromatic N) is 3. The molecule has 2 aromatic carbocycles. The van der Waals surface area contributed by atoms with Crippen LogP contribution in [0.5, 0.6) is 0 Å². The molecule has 1 saturated heterocycles. The van der Waals surface area contributed by atoms with Gasteiger partial charge in [0.25, 0.3) is 0 Å². The lowest BCUT2D eigenvalue weighted by molar-refractivity contribution is -0.133. The van der Waals surface area contributed by atoms with E-state index in [4.69, 9.17) is 20.9 Å². The van der Waals surface area contributed by atoms with Crippen LogP contribution in [0.15, 0.2) is 53.1 Å². The fourth-order valence-electron chi connectivity index (χ4n) is 4.36. The monoisotopic (exact) mass is 528 g/mol. The lowest BCUT2D eigenvalue weighted by Crippen LogP contribution is -2.43. The molecule has 8 nitrogen and oxygen atoms in total. The topological polar surface area (TPSA) is 97.6 Å². The van der Waals surface area contributed by atoms with Gasteiger partial charge in [-0.25, -0.2) is 9.18 Å². The molecule has 37 heavy (non-hydrogen) atoms. The highest BCUT2D eigenvalue weighted by atomic mass is 35.5. The van der Waals surface area contributed by atoms with Crippen LogP contribution in [0.2, 0.25) is 5.02 Å². The second-order valence-electron chi connectivity index (χ2n) is 10.1. The van der Waals surface area contributed by atoms with E-state index in [2.05, 4.69) is 15.5 Å². The quantitative estimate of drug-likeness (QED) is 0.421. The van der Waals surface area contributed by atoms with Gasteiger partial charge in [0, 0.05) is 29.6 Å². The van der Waals surface area contributed by atoms with Crippen LogP contribution in [-0.2, 0) is 16.0 Å². The number of likely N-dealkylation sites (tertiary alicyclic amines) is 1. The zero-order valence-corrected chi connectivity index (χ0v) is 21.8. The maximum Gasteiger partial charge on any atom is 0.407 e. The summed E-state index contributed by atoms with van der Waals surface area (Å²) in [6.07, 6.45) is 1.28. The van der Waals surface area contributed by atoms with Crippen LogP contribution in [0, 0.1) is 5.82 Å². The molecular formula is C27H30ClFN4O4. The van der Waals surface area contributed by atoms with Crippen LogP contribution in [0.4, 0.5) is 9.18 Å². The predicted molar refractivity (Wildman–Crippen MR) is 136 cm³/mol. The van der Waals surface area contributed by atoms with E-state index in [9.17, 15) is 14.0 Å². The fraction of sp³-hybridized carbons (Fsp3) is 0.407. The first-order valence-corrected chi connectivity index (χ1v) is 12.6. The van der Waals surface area contributed by atoms with Gasteiger partial charge in [-0.05, 0) is 69.9 Å². The van der Waals surface area contributed by atoms with Crippen LogP contribution < -0.4 is 5.32 Å². The van der Waals surface area contributed by atoms with Crippen molar-refractivity contribution >= 4 is 23.6 Å². The first-order chi connectivity index (χ1) is 17.6. The largest absolute Gasteiger partial charge is 0.444 e. The highest BCUT2D eigenvalue weighted by Crippen LogP contribution is 2.33. The molecule has 2 heterocycles. The Morgan fingerprint density at radius 3 is 2.76 bits per heavy atom. The zero-order chi connectivity index (χ0) is 26.6. The first kappa shape index (κ1) is 26.6. The Kier molecular flexibility index (Phi) is 8.12. The van der Waals surface area contributed by atoms with Gasteiger partial charge in [-0.3, -0.25) is 4.79 Å². The Labute approximate surface area is 220 Å². The summed E-state index contributed by atoms with van der Waals surface area (Å²) in [5, 5.41) is 7.40. The Morgan fingerprint density at radius 1 is 1.24 bits per heavy atom. The molecule has 2 amide bonds. The average molecular weight is 529 g/mol. The van der Waals surface area contributed by atoms with Crippen LogP contribution in [0.1, 0.15) is 57.5 Å². The van der Waals surface area contributed by atoms with Crippen molar-refractivity contribution in [2.24, 2.45) is 0 Å². The van der Waals surface area contributed by atoms with E-state index >= 15 is 0 Å². The van der Waals surface area contributed by atoms with E-state index in [0.717, 1.165) is 12.0 Å². The number of carbonyl (C=O) groups excluding carboxylic acids is 2. The second-order valence-corrected chi connectivity index (χ2v) is 10.5. The molecule has 196 valence electrons. The third-order valence-corrected chi connectivity index (χ3v) is 6.13. The summed E-state index contributed by atoms with van der Waals surface area (Å²) in [4.78, 5) is 32.1. The Balaban J connectivity index is 1.49. The van der Waals surface area contributed by atoms with Crippen molar-refractivity contribution < 1.29 is 23.2 Å². The number of amides is 2. The summed E-state index contributed by atoms with van der Waals surface area (Å²) in [5.74, 6) is 0.0108. The minimum absolute atomic E-state index is 0.0488. The van der Waals surface area contributed by atoms with Crippen molar-refractivity contribution in [1.82, 2.24) is 20.4 Å². The van der Waals surface area contributed by atoms with Crippen molar-refractivity contribution in [3.63, 3.8) is 0 Å². The summed E-state index contributed by atoms with van der Waals surface area (Å²) in [6.45, 7) is 5.86. The SMILES string of the molecule is CC(C)(C)OC(=O)N[C@@H](CC(=O)N1CCC[C@H]1c1nc(-c2cccc(F)c2)no1)Cc1cccc(Cl)c1. The van der Waals surface area contributed by atoms with E-state index in [1.54, 1.807) is 49.9 Å². The number of ether oxygens (including phenoxy) is 1. The summed E-state index contributed by atoms with van der Waals surface area (Å²) >= 11 is 6.14. The Bertz CT molecular complexity index is 1260. The van der Waals surface area contributed by atoms with Gasteiger partial charge in [0.2, 0.25) is 17.6 Å². The van der Waals surface area contributed by atoms with E-state index in [1.165, 1.54) is 12.1 Å². The molecule has 1 aromatic heterocycles. The number of alkyl carbamates (subject to hydrolysis) is 1. The summed E-state index contributed by atoms with van der Waals surface area (Å²) in [7, 11) is 0. The predicted octanol–water partition coefficient (Wildman–Crippen LogP) is 5.72. The molecule has 0 saturated carbocycles. The standard InChI is InChI=1S/C27H30ClFN4O4/c1-27(2,3)36-26(35)30-21(14-17-7-4-9-19(28)13-17)16-23(34)33-12-6-11-22(33)25-31-24(32-37-25)18-8-5-10-20(29)15-18/h4-5,7-10,13,15,21-22H,6,11-12,14,16H2,1-3H3,(H,30,35)/t21-,22+/m1/s1. The highest BCUT2D eigenvalue weighted by molar-refractivity contribution is 6.30. The molecule has 0 bridgehead atoms. The van der Waals surface area contributed by atoms with Crippen LogP contribution in [0.25, 0.3) is 11.4 Å². The highest BCUT2D eigenvalue weighted by Gasteiger charge is 2.35. The van der Waals surface area contributed by atoms with Gasteiger partial charge in [0.1, 0.15) is 17.5 Å². The zero-order valence-electron chi connectivity index (χ0n) is 21.0. The molecule has 1 N–H and O–H groups in total. The molecule has 1 fully saturated rings. The van der Waals surface area contributed by atoms with Gasteiger partial charge >= 0.3 is 6.09 Å². The van der Waals surface area contributed by atoms with Crippen molar-refractivity contribution in [3.05, 3.63) is 70.8 Å². The molecule has 4 rings (SSSR count). The van der Waals surface area contributed by atoms with Crippen molar-refractivity contribution in [3.8, 4) is 11.4 Å². The Morgan fingerprint density at radius 2 is 2.03 bits per heavy atom. The number of nitrogens with one attached hydrogen (secondary N) is 1. The summed E-state index contributed by atoms with van der Waals surface area (Å²) in [6, 6.07) is 12.3. The number of aromatic nitrogens is 2. The molecule has 0 radical (unpaired) electrons. The van der Waals surface area contributed by atoms with Crippen molar-refractivity contribution in [2.75, 3.05) is 6.54 Å². The first-order valence-electron chi connectivity index (χ1n) is 12.2. The molecular weight excluding hydrogens is 499 g/mol. The van der Waals surface area contributed by atoms with Gasteiger partial charge in [-0.15, -0.1) is 0 Å². The fourth-order valence-corrected chi connectivity index (χ4v) is 4.58. The lowest BCUT2D eigenvalue weighted by Gasteiger charge is -2.27. The second kappa shape index (κ2) is 11.3. The summed E-state index contributed by atoms with van der Waals surface area (Å²) in [5.41, 5.74) is 0.705. The molecule has 0 aliphatic carbocycles. The van der Waals surface area contributed by atoms with E-state index in [1.807, 2.05) is 12.1 Å². The van der Waals surface area contributed by atoms with Gasteiger partial charge < -0.3 is 19.5 Å². The maximum atomic E-state index is 13.6. The van der Waals surface area contributed by atoms with Crippen molar-refractivity contribution in [1.29, 1.82) is 0 Å². The molecule has 1 aliphatic rings. The summed E-state index contributed by atoms with van der Waals surface area (Å²) < 4.78 is 24.5. The average Bonchev–Trinajstić information content (AvgIpc) is 3.47. The van der Waals surface area contributed by atoms with Gasteiger partial charge in [-0.1, -0.05) is 41.0 Å². The van der Waals surface area contributed by atoms with Gasteiger partial charge in [0.15, 0.2) is 0 Å². The number of benzene rings is 2. The number of carbonyl (C=O) groups is 2. The number of hydrogen-bond donors (Lipinski definition) is 1. The smallest absolute Gasteiger partial charge is 0.407 e. The molecule has 1 aliphatic heterocycles. The maximum absolute atomic E-state index is 13.6. The lowest BCUT2D eigenvalue weighted by atomic mass is 10.0. The molecule has 0 spiro atoms. The number of rotatable bonds is 7.